The van der Waals surface area contributed by atoms with Gasteiger partial charge in [-0.05, 0) is 18.6 Å². The predicted octanol–water partition coefficient (Wildman–Crippen LogP) is 1.58. The van der Waals surface area contributed by atoms with Crippen molar-refractivity contribution in [3.63, 3.8) is 0 Å². The molecule has 1 heterocycles. The van der Waals surface area contributed by atoms with Gasteiger partial charge in [-0.2, -0.15) is 0 Å². The number of likely N-dealkylation sites (tertiary alicyclic amines) is 1. The molecule has 1 aliphatic heterocycles. The number of carbonyl (C=O) groups is 1. The van der Waals surface area contributed by atoms with Crippen LogP contribution in [0.15, 0.2) is 30.3 Å². The number of hydrogen-bond acceptors (Lipinski definition) is 1. The molecule has 3 heteroatoms. The van der Waals surface area contributed by atoms with E-state index in [1.54, 1.807) is 4.90 Å². The van der Waals surface area contributed by atoms with Gasteiger partial charge in [-0.25, -0.2) is 0 Å². The Morgan fingerprint density at radius 3 is 2.47 bits per heavy atom. The van der Waals surface area contributed by atoms with Gasteiger partial charge in [-0.15, -0.1) is 0 Å². The number of anilines is 1. The van der Waals surface area contributed by atoms with Crippen LogP contribution >= 0.6 is 0 Å². The fraction of sp³-hybridized carbons (Fsp3) is 0.562. The lowest BCUT2D eigenvalue weighted by Gasteiger charge is -2.31. The minimum absolute atomic E-state index is 0.129. The number of para-hydroxylation sites is 1. The molecule has 0 spiro atoms. The predicted molar refractivity (Wildman–Crippen MR) is 78.2 cm³/mol. The highest BCUT2D eigenvalue weighted by molar-refractivity contribution is 5.90. The maximum absolute atomic E-state index is 11.9. The van der Waals surface area contributed by atoms with Crippen LogP contribution in [0.4, 0.5) is 5.69 Å². The van der Waals surface area contributed by atoms with Crippen molar-refractivity contribution in [2.45, 2.75) is 26.7 Å². The lowest BCUT2D eigenvalue weighted by molar-refractivity contribution is -0.911. The molecule has 1 fully saturated rings. The Hall–Kier alpha value is -1.35. The van der Waals surface area contributed by atoms with Crippen molar-refractivity contribution in [3.05, 3.63) is 30.3 Å². The van der Waals surface area contributed by atoms with Crippen molar-refractivity contribution in [2.24, 2.45) is 11.8 Å². The van der Waals surface area contributed by atoms with Crippen LogP contribution in [0.2, 0.25) is 0 Å². The van der Waals surface area contributed by atoms with Crippen LogP contribution in [0.3, 0.4) is 0 Å². The minimum Gasteiger partial charge on any atom is -0.334 e. The highest BCUT2D eigenvalue weighted by Gasteiger charge is 2.25. The van der Waals surface area contributed by atoms with Gasteiger partial charge in [0.15, 0.2) is 0 Å². The van der Waals surface area contributed by atoms with Crippen LogP contribution in [-0.4, -0.2) is 25.5 Å². The number of rotatable bonds is 4. The van der Waals surface area contributed by atoms with E-state index in [2.05, 4.69) is 19.2 Å². The second-order valence-electron chi connectivity index (χ2n) is 6.02. The summed E-state index contributed by atoms with van der Waals surface area (Å²) >= 11 is 0. The van der Waals surface area contributed by atoms with Crippen LogP contribution in [0, 0.1) is 11.8 Å². The zero-order chi connectivity index (χ0) is 13.7. The quantitative estimate of drug-likeness (QED) is 0.847. The third kappa shape index (κ3) is 4.67. The number of nitrogens with one attached hydrogen (secondary N) is 2. The van der Waals surface area contributed by atoms with Gasteiger partial charge in [-0.1, -0.05) is 32.0 Å². The first-order chi connectivity index (χ1) is 9.13. The lowest BCUT2D eigenvalue weighted by atomic mass is 9.92. The maximum Gasteiger partial charge on any atom is 0.230 e. The molecule has 19 heavy (non-hydrogen) atoms. The molecule has 2 N–H and O–H groups in total. The fourth-order valence-corrected chi connectivity index (χ4v) is 3.16. The first kappa shape index (κ1) is 14.1. The molecule has 0 radical (unpaired) electrons. The molecule has 0 aliphatic carbocycles. The van der Waals surface area contributed by atoms with Gasteiger partial charge in [0.05, 0.1) is 26.1 Å². The van der Waals surface area contributed by atoms with Crippen LogP contribution < -0.4 is 10.2 Å². The molecule has 1 aromatic rings. The smallest absolute Gasteiger partial charge is 0.230 e. The fourth-order valence-electron chi connectivity index (χ4n) is 3.16. The van der Waals surface area contributed by atoms with E-state index in [9.17, 15) is 4.79 Å². The molecule has 1 aliphatic rings. The highest BCUT2D eigenvalue weighted by Crippen LogP contribution is 2.12. The van der Waals surface area contributed by atoms with Crippen LogP contribution in [0.1, 0.15) is 26.7 Å². The molecule has 104 valence electrons. The first-order valence-corrected chi connectivity index (χ1v) is 7.32. The van der Waals surface area contributed by atoms with Crippen molar-refractivity contribution >= 4 is 11.6 Å². The maximum atomic E-state index is 11.9. The van der Waals surface area contributed by atoms with Crippen molar-refractivity contribution < 1.29 is 9.69 Å². The summed E-state index contributed by atoms with van der Waals surface area (Å²) in [6.07, 6.45) is 1.95. The molecule has 0 bridgehead atoms. The summed E-state index contributed by atoms with van der Waals surface area (Å²) in [6.45, 7) is 8.01. The van der Waals surface area contributed by atoms with Crippen molar-refractivity contribution in [3.8, 4) is 0 Å². The summed E-state index contributed by atoms with van der Waals surface area (Å²) in [5.74, 6) is 1.71. The van der Waals surface area contributed by atoms with Gasteiger partial charge in [0.2, 0.25) is 5.91 Å². The van der Waals surface area contributed by atoms with Crippen molar-refractivity contribution in [2.75, 3.05) is 25.0 Å². The highest BCUT2D eigenvalue weighted by atomic mass is 16.1. The number of piperidine rings is 1. The van der Waals surface area contributed by atoms with E-state index in [0.717, 1.165) is 24.1 Å². The monoisotopic (exact) mass is 261 g/mol. The Bertz CT molecular complexity index is 394. The van der Waals surface area contributed by atoms with Gasteiger partial charge in [-0.3, -0.25) is 4.79 Å². The number of amides is 1. The SMILES string of the molecule is C[C@@H]1C[C@H](C)C[NH+](CCC(=O)Nc2ccccc2)C1. The summed E-state index contributed by atoms with van der Waals surface area (Å²) < 4.78 is 0. The topological polar surface area (TPSA) is 33.5 Å². The zero-order valence-electron chi connectivity index (χ0n) is 12.0. The first-order valence-electron chi connectivity index (χ1n) is 7.32. The Kier molecular flexibility index (Phi) is 4.97. The van der Waals surface area contributed by atoms with Gasteiger partial charge >= 0.3 is 0 Å². The third-order valence-corrected chi connectivity index (χ3v) is 3.84. The summed E-state index contributed by atoms with van der Waals surface area (Å²) in [4.78, 5) is 13.5. The summed E-state index contributed by atoms with van der Waals surface area (Å²) in [5.41, 5.74) is 0.892. The summed E-state index contributed by atoms with van der Waals surface area (Å²) in [5, 5.41) is 2.95. The number of hydrogen-bond donors (Lipinski definition) is 2. The Morgan fingerprint density at radius 1 is 1.21 bits per heavy atom. The molecule has 2 rings (SSSR count). The third-order valence-electron chi connectivity index (χ3n) is 3.84. The molecule has 1 aromatic carbocycles. The van der Waals surface area contributed by atoms with E-state index in [1.165, 1.54) is 19.5 Å². The molecule has 1 amide bonds. The average Bonchev–Trinajstić information content (AvgIpc) is 2.36. The Morgan fingerprint density at radius 2 is 1.84 bits per heavy atom. The normalized spacial score (nSPS) is 26.9. The Labute approximate surface area is 116 Å². The number of quaternary nitrogens is 1. The molecular formula is C16H25N2O+. The van der Waals surface area contributed by atoms with Crippen molar-refractivity contribution in [1.82, 2.24) is 0 Å². The largest absolute Gasteiger partial charge is 0.334 e. The summed E-state index contributed by atoms with van der Waals surface area (Å²) in [6, 6.07) is 9.69. The van der Waals surface area contributed by atoms with Crippen LogP contribution in [-0.2, 0) is 4.79 Å². The molecule has 0 aromatic heterocycles. The van der Waals surface area contributed by atoms with E-state index >= 15 is 0 Å². The second-order valence-corrected chi connectivity index (χ2v) is 6.02. The van der Waals surface area contributed by atoms with E-state index in [0.29, 0.717) is 6.42 Å². The van der Waals surface area contributed by atoms with Gasteiger partial charge in [0, 0.05) is 17.5 Å². The van der Waals surface area contributed by atoms with Gasteiger partial charge < -0.3 is 10.2 Å². The molecule has 0 saturated carbocycles. The summed E-state index contributed by atoms with van der Waals surface area (Å²) in [7, 11) is 0. The molecular weight excluding hydrogens is 236 g/mol. The van der Waals surface area contributed by atoms with E-state index in [1.807, 2.05) is 30.3 Å². The number of carbonyl (C=O) groups excluding carboxylic acids is 1. The minimum atomic E-state index is 0.129. The van der Waals surface area contributed by atoms with Crippen LogP contribution in [0.25, 0.3) is 0 Å². The second kappa shape index (κ2) is 6.71. The number of benzene rings is 1. The standard InChI is InChI=1S/C16H24N2O/c1-13-10-14(2)12-18(11-13)9-8-16(19)17-15-6-4-3-5-7-15/h3-7,13-14H,8-12H2,1-2H3,(H,17,19)/p+1/t13-,14+. The van der Waals surface area contributed by atoms with E-state index < -0.39 is 0 Å². The van der Waals surface area contributed by atoms with Gasteiger partial charge in [0.25, 0.3) is 0 Å². The lowest BCUT2D eigenvalue weighted by Crippen LogP contribution is -3.14. The van der Waals surface area contributed by atoms with Gasteiger partial charge in [0.1, 0.15) is 0 Å². The van der Waals surface area contributed by atoms with E-state index in [4.69, 9.17) is 0 Å². The molecule has 1 unspecified atom stereocenters. The van der Waals surface area contributed by atoms with Crippen LogP contribution in [0.5, 0.6) is 0 Å². The van der Waals surface area contributed by atoms with Crippen molar-refractivity contribution in [1.29, 1.82) is 0 Å². The average molecular weight is 261 g/mol. The zero-order valence-corrected chi connectivity index (χ0v) is 12.0. The van der Waals surface area contributed by atoms with E-state index in [-0.39, 0.29) is 5.91 Å². The molecule has 3 atom stereocenters. The molecule has 1 saturated heterocycles. The molecule has 3 nitrogen and oxygen atoms in total. The Balaban J connectivity index is 1.74.